The molecule has 4 atom stereocenters. The molecule has 2 bridgehead atoms. The fourth-order valence-electron chi connectivity index (χ4n) is 1.80. The normalized spacial score (nSPS) is 44.2. The van der Waals surface area contributed by atoms with Crippen molar-refractivity contribution in [1.82, 2.24) is 0 Å². The van der Waals surface area contributed by atoms with Crippen LogP contribution in [0.3, 0.4) is 0 Å². The van der Waals surface area contributed by atoms with Crippen LogP contribution in [-0.4, -0.2) is 29.5 Å². The molecule has 2 aliphatic heterocycles. The summed E-state index contributed by atoms with van der Waals surface area (Å²) < 4.78 is 10.7. The first-order valence-corrected chi connectivity index (χ1v) is 4.14. The molecule has 2 rings (SSSR count). The van der Waals surface area contributed by atoms with Gasteiger partial charge in [0.05, 0.1) is 18.3 Å². The Kier molecular flexibility index (Phi) is 3.65. The van der Waals surface area contributed by atoms with Crippen molar-refractivity contribution in [1.29, 1.82) is 0 Å². The maximum Gasteiger partial charge on any atom is 0.0912 e. The first-order valence-electron chi connectivity index (χ1n) is 4.14. The Bertz CT molecular complexity index is 199. The second-order valence-electron chi connectivity index (χ2n) is 3.45. The van der Waals surface area contributed by atoms with Gasteiger partial charge < -0.3 is 14.6 Å². The van der Waals surface area contributed by atoms with E-state index in [2.05, 4.69) is 6.58 Å². The molecule has 0 spiro atoms. The summed E-state index contributed by atoms with van der Waals surface area (Å²) in [5.41, 5.74) is -0.563. The molecular weight excluding hydrogens is 394 g/mol. The summed E-state index contributed by atoms with van der Waals surface area (Å²) in [6.07, 6.45) is 1.01. The maximum absolute atomic E-state index is 9.75. The van der Waals surface area contributed by atoms with Crippen LogP contribution in [0, 0.1) is 43.6 Å². The first-order chi connectivity index (χ1) is 5.70. The minimum atomic E-state index is -0.563. The van der Waals surface area contributed by atoms with Crippen LogP contribution in [0.15, 0.2) is 12.7 Å². The van der Waals surface area contributed by atoms with Gasteiger partial charge in [-0.3, -0.25) is 0 Å². The van der Waals surface area contributed by atoms with Gasteiger partial charge in [-0.1, -0.05) is 13.0 Å². The minimum absolute atomic E-state index is 0. The fraction of sp³-hybridized carbons (Fsp3) is 0.667. The Morgan fingerprint density at radius 1 is 1.77 bits per heavy atom. The summed E-state index contributed by atoms with van der Waals surface area (Å²) in [5, 5.41) is 9.75. The molecule has 0 aromatic rings. The van der Waals surface area contributed by atoms with Gasteiger partial charge in [0.25, 0.3) is 0 Å². The van der Waals surface area contributed by atoms with Gasteiger partial charge in [0.1, 0.15) is 0 Å². The van der Waals surface area contributed by atoms with Crippen molar-refractivity contribution in [3.63, 3.8) is 0 Å². The standard InChI is InChI=1S/C9H13O3.U/c1-3-6(2)9-5-11-7(4-12-9)8(9)10;/h3-4,6-8,10H,1,5H2,2H3;/q-1;/t6-,7-,8-,9+;/m0./s1. The third kappa shape index (κ3) is 1.53. The van der Waals surface area contributed by atoms with Gasteiger partial charge in [-0.2, -0.15) is 6.61 Å². The van der Waals surface area contributed by atoms with E-state index in [4.69, 9.17) is 9.47 Å². The van der Waals surface area contributed by atoms with Gasteiger partial charge >= 0.3 is 0 Å². The molecule has 2 aliphatic rings. The Balaban J connectivity index is 0.000000845. The summed E-state index contributed by atoms with van der Waals surface area (Å²) >= 11 is 0. The van der Waals surface area contributed by atoms with Crippen molar-refractivity contribution >= 4 is 0 Å². The molecule has 72 valence electrons. The molecule has 3 nitrogen and oxygen atoms in total. The number of aliphatic hydroxyl groups excluding tert-OH is 1. The number of rotatable bonds is 2. The first kappa shape index (κ1) is 11.7. The molecule has 2 saturated heterocycles. The topological polar surface area (TPSA) is 38.7 Å². The number of fused-ring (bicyclic) bond motifs is 2. The molecular formula is C9H13O3U-. The zero-order chi connectivity index (χ0) is 8.77. The minimum Gasteiger partial charge on any atom is -0.541 e. The molecule has 0 aliphatic carbocycles. The van der Waals surface area contributed by atoms with Crippen molar-refractivity contribution in [3.05, 3.63) is 19.3 Å². The Morgan fingerprint density at radius 2 is 2.46 bits per heavy atom. The molecule has 0 unspecified atom stereocenters. The smallest absolute Gasteiger partial charge is 0.0912 e. The van der Waals surface area contributed by atoms with Crippen molar-refractivity contribution in [2.45, 2.75) is 24.7 Å². The number of hydrogen-bond donors (Lipinski definition) is 1. The van der Waals surface area contributed by atoms with Gasteiger partial charge in [0.15, 0.2) is 0 Å². The number of ether oxygens (including phenoxy) is 2. The molecule has 0 amide bonds. The zero-order valence-corrected chi connectivity index (χ0v) is 11.7. The van der Waals surface area contributed by atoms with Crippen LogP contribution in [-0.2, 0) is 9.47 Å². The van der Waals surface area contributed by atoms with Crippen LogP contribution in [0.2, 0.25) is 0 Å². The molecule has 1 N–H and O–H groups in total. The molecule has 0 radical (unpaired) electrons. The Morgan fingerprint density at radius 3 is 2.77 bits per heavy atom. The van der Waals surface area contributed by atoms with Gasteiger partial charge in [0, 0.05) is 37.0 Å². The van der Waals surface area contributed by atoms with E-state index in [0.29, 0.717) is 6.61 Å². The van der Waals surface area contributed by atoms with Crippen LogP contribution < -0.4 is 0 Å². The largest absolute Gasteiger partial charge is 0.541 e. The molecule has 2 fully saturated rings. The number of aliphatic hydroxyl groups is 1. The van der Waals surface area contributed by atoms with E-state index in [1.165, 1.54) is 0 Å². The summed E-state index contributed by atoms with van der Waals surface area (Å²) in [7, 11) is 0. The third-order valence-electron chi connectivity index (χ3n) is 2.86. The summed E-state index contributed by atoms with van der Waals surface area (Å²) in [4.78, 5) is 0. The molecule has 4 heteroatoms. The Labute approximate surface area is 102 Å². The summed E-state index contributed by atoms with van der Waals surface area (Å²) in [6.45, 7) is 7.70. The van der Waals surface area contributed by atoms with Crippen LogP contribution in [0.1, 0.15) is 6.92 Å². The predicted octanol–water partition coefficient (Wildman–Crippen LogP) is 0.499. The van der Waals surface area contributed by atoms with E-state index in [1.807, 2.05) is 6.92 Å². The second-order valence-corrected chi connectivity index (χ2v) is 3.45. The predicted molar refractivity (Wildman–Crippen MR) is 43.2 cm³/mol. The van der Waals surface area contributed by atoms with Crippen LogP contribution >= 0.6 is 0 Å². The molecule has 0 aromatic carbocycles. The third-order valence-corrected chi connectivity index (χ3v) is 2.86. The van der Waals surface area contributed by atoms with E-state index < -0.39 is 11.7 Å². The second kappa shape index (κ2) is 4.04. The van der Waals surface area contributed by atoms with Crippen LogP contribution in [0.4, 0.5) is 0 Å². The van der Waals surface area contributed by atoms with E-state index in [0.717, 1.165) is 0 Å². The average molecular weight is 407 g/mol. The van der Waals surface area contributed by atoms with E-state index in [-0.39, 0.29) is 43.1 Å². The van der Waals surface area contributed by atoms with Gasteiger partial charge in [-0.05, 0) is 6.10 Å². The Hall–Kier alpha value is 0.672. The fourth-order valence-corrected chi connectivity index (χ4v) is 1.80. The van der Waals surface area contributed by atoms with Crippen molar-refractivity contribution in [2.24, 2.45) is 5.92 Å². The monoisotopic (exact) mass is 407 g/mol. The van der Waals surface area contributed by atoms with Gasteiger partial charge in [-0.15, -0.1) is 6.58 Å². The van der Waals surface area contributed by atoms with Crippen LogP contribution in [0.5, 0.6) is 0 Å². The van der Waals surface area contributed by atoms with Crippen molar-refractivity contribution in [3.8, 4) is 0 Å². The maximum atomic E-state index is 9.75. The zero-order valence-electron chi connectivity index (χ0n) is 7.56. The van der Waals surface area contributed by atoms with Crippen LogP contribution in [0.25, 0.3) is 0 Å². The van der Waals surface area contributed by atoms with E-state index >= 15 is 0 Å². The van der Waals surface area contributed by atoms with Gasteiger partial charge in [-0.25, -0.2) is 0 Å². The molecule has 0 aromatic heterocycles. The molecule has 2 heterocycles. The van der Waals surface area contributed by atoms with Crippen molar-refractivity contribution < 1.29 is 45.7 Å². The van der Waals surface area contributed by atoms with Gasteiger partial charge in [0.2, 0.25) is 0 Å². The summed E-state index contributed by atoms with van der Waals surface area (Å²) in [5.74, 6) is 0.108. The van der Waals surface area contributed by atoms with Crippen molar-refractivity contribution in [2.75, 3.05) is 6.61 Å². The van der Waals surface area contributed by atoms with E-state index in [1.54, 1.807) is 12.7 Å². The summed E-state index contributed by atoms with van der Waals surface area (Å²) in [6, 6.07) is 0. The van der Waals surface area contributed by atoms with E-state index in [9.17, 15) is 5.11 Å². The average Bonchev–Trinajstić information content (AvgIpc) is 2.60. The SMILES string of the molecule is C=C[C@H](C)[C@@]12CO[C@@H]([CH-]O1)[C@@H]2O.[U]. The number of hydrogen-bond acceptors (Lipinski definition) is 3. The molecule has 0 saturated carbocycles. The quantitative estimate of drug-likeness (QED) is 0.536. The molecule has 13 heavy (non-hydrogen) atoms.